The summed E-state index contributed by atoms with van der Waals surface area (Å²) in [7, 11) is -3.35. The monoisotopic (exact) mass is 296 g/mol. The Labute approximate surface area is 119 Å². The van der Waals surface area contributed by atoms with Gasteiger partial charge in [-0.25, -0.2) is 8.42 Å². The molecule has 2 heterocycles. The van der Waals surface area contributed by atoms with E-state index in [-0.39, 0.29) is 11.9 Å². The van der Waals surface area contributed by atoms with E-state index in [1.165, 1.54) is 5.56 Å². The first-order chi connectivity index (χ1) is 9.64. The first-order valence-electron chi connectivity index (χ1n) is 7.08. The molecule has 110 valence electrons. The van der Waals surface area contributed by atoms with E-state index in [9.17, 15) is 8.42 Å². The fourth-order valence-electron chi connectivity index (χ4n) is 2.84. The van der Waals surface area contributed by atoms with Gasteiger partial charge in [0, 0.05) is 13.2 Å². The van der Waals surface area contributed by atoms with Crippen molar-refractivity contribution < 1.29 is 13.2 Å². The van der Waals surface area contributed by atoms with Gasteiger partial charge in [0.25, 0.3) is 0 Å². The van der Waals surface area contributed by atoms with E-state index in [1.807, 2.05) is 12.1 Å². The Morgan fingerprint density at radius 1 is 1.40 bits per heavy atom. The number of ether oxygens (including phenoxy) is 1. The maximum absolute atomic E-state index is 12.2. The van der Waals surface area contributed by atoms with Crippen LogP contribution in [0.5, 0.6) is 0 Å². The number of hydrogen-bond donors (Lipinski definition) is 2. The van der Waals surface area contributed by atoms with Gasteiger partial charge in [-0.2, -0.15) is 0 Å². The molecule has 1 saturated heterocycles. The van der Waals surface area contributed by atoms with Crippen LogP contribution in [-0.4, -0.2) is 33.4 Å². The summed E-state index contributed by atoms with van der Waals surface area (Å²) in [6.07, 6.45) is 2.56. The lowest BCUT2D eigenvalue weighted by molar-refractivity contribution is 0.127. The molecule has 2 N–H and O–H groups in total. The summed E-state index contributed by atoms with van der Waals surface area (Å²) in [4.78, 5) is 0. The van der Waals surface area contributed by atoms with Gasteiger partial charge in [0.1, 0.15) is 0 Å². The predicted octanol–water partition coefficient (Wildman–Crippen LogP) is 1.25. The molecule has 1 atom stereocenters. The Hall–Kier alpha value is -1.11. The van der Waals surface area contributed by atoms with Crippen LogP contribution in [0.1, 0.15) is 24.0 Å². The zero-order chi connectivity index (χ0) is 14.0. The second kappa shape index (κ2) is 5.71. The Morgan fingerprint density at radius 3 is 3.10 bits per heavy atom. The highest BCUT2D eigenvalue weighted by molar-refractivity contribution is 7.92. The molecule has 6 heteroatoms. The topological polar surface area (TPSA) is 67.4 Å². The van der Waals surface area contributed by atoms with Gasteiger partial charge in [-0.1, -0.05) is 12.1 Å². The third kappa shape index (κ3) is 3.13. The number of sulfonamides is 1. The molecule has 1 fully saturated rings. The van der Waals surface area contributed by atoms with E-state index in [4.69, 9.17) is 4.74 Å². The number of hydrogen-bond acceptors (Lipinski definition) is 4. The summed E-state index contributed by atoms with van der Waals surface area (Å²) in [5.74, 6) is 0.0457. The lowest BCUT2D eigenvalue weighted by Crippen LogP contribution is -2.28. The summed E-state index contributed by atoms with van der Waals surface area (Å²) < 4.78 is 32.6. The third-order valence-electron chi connectivity index (χ3n) is 3.84. The zero-order valence-corrected chi connectivity index (χ0v) is 12.2. The second-order valence-corrected chi connectivity index (χ2v) is 7.16. The van der Waals surface area contributed by atoms with E-state index in [0.29, 0.717) is 18.8 Å². The normalized spacial score (nSPS) is 22.5. The Balaban J connectivity index is 1.76. The van der Waals surface area contributed by atoms with Crippen LogP contribution in [-0.2, 0) is 27.7 Å². The predicted molar refractivity (Wildman–Crippen MR) is 78.2 cm³/mol. The van der Waals surface area contributed by atoms with Crippen LogP contribution < -0.4 is 10.0 Å². The first kappa shape index (κ1) is 13.9. The van der Waals surface area contributed by atoms with Crippen molar-refractivity contribution in [3.05, 3.63) is 29.3 Å². The minimum atomic E-state index is -3.35. The van der Waals surface area contributed by atoms with E-state index in [2.05, 4.69) is 16.1 Å². The van der Waals surface area contributed by atoms with Gasteiger partial charge in [0.05, 0.1) is 17.5 Å². The third-order valence-corrected chi connectivity index (χ3v) is 5.18. The molecule has 0 aromatic heterocycles. The molecule has 3 rings (SSSR count). The van der Waals surface area contributed by atoms with Gasteiger partial charge < -0.3 is 10.1 Å². The number of fused-ring (bicyclic) bond motifs is 1. The van der Waals surface area contributed by atoms with Crippen molar-refractivity contribution in [3.63, 3.8) is 0 Å². The van der Waals surface area contributed by atoms with E-state index >= 15 is 0 Å². The fourth-order valence-corrected chi connectivity index (χ4v) is 4.20. The molecular formula is C14H20N2O3S. The summed E-state index contributed by atoms with van der Waals surface area (Å²) in [6, 6.07) is 5.81. The van der Waals surface area contributed by atoms with Crippen molar-refractivity contribution in [2.75, 3.05) is 23.6 Å². The second-order valence-electron chi connectivity index (χ2n) is 5.39. The molecule has 5 nitrogen and oxygen atoms in total. The standard InChI is InChI=1S/C14H20N2O3S/c17-20(18,10-12-4-2-8-19-12)16-14-5-1-3-11-6-7-15-9-13(11)14/h1,3,5,12,15-16H,2,4,6-10H2. The van der Waals surface area contributed by atoms with Crippen molar-refractivity contribution in [2.24, 2.45) is 0 Å². The Morgan fingerprint density at radius 2 is 2.30 bits per heavy atom. The molecule has 0 saturated carbocycles. The fraction of sp³-hybridized carbons (Fsp3) is 0.571. The van der Waals surface area contributed by atoms with Crippen LogP contribution in [0.3, 0.4) is 0 Å². The van der Waals surface area contributed by atoms with Gasteiger partial charge in [0.15, 0.2) is 0 Å². The van der Waals surface area contributed by atoms with Crippen LogP contribution in [0.4, 0.5) is 5.69 Å². The maximum atomic E-state index is 12.2. The quantitative estimate of drug-likeness (QED) is 0.877. The first-order valence-corrected chi connectivity index (χ1v) is 8.73. The zero-order valence-electron chi connectivity index (χ0n) is 11.4. The van der Waals surface area contributed by atoms with Gasteiger partial charge >= 0.3 is 0 Å². The van der Waals surface area contributed by atoms with Gasteiger partial charge in [0.2, 0.25) is 10.0 Å². The molecule has 2 aliphatic rings. The van der Waals surface area contributed by atoms with Crippen molar-refractivity contribution >= 4 is 15.7 Å². The number of anilines is 1. The van der Waals surface area contributed by atoms with Crippen molar-refractivity contribution in [3.8, 4) is 0 Å². The molecule has 0 bridgehead atoms. The molecule has 1 aromatic rings. The lowest BCUT2D eigenvalue weighted by atomic mass is 10.00. The summed E-state index contributed by atoms with van der Waals surface area (Å²) in [5, 5.41) is 3.28. The Kier molecular flexibility index (Phi) is 3.96. The lowest BCUT2D eigenvalue weighted by Gasteiger charge is -2.21. The number of nitrogens with one attached hydrogen (secondary N) is 2. The number of rotatable bonds is 4. The average Bonchev–Trinajstić information content (AvgIpc) is 2.91. The molecule has 20 heavy (non-hydrogen) atoms. The highest BCUT2D eigenvalue weighted by Gasteiger charge is 2.24. The van der Waals surface area contributed by atoms with Crippen LogP contribution >= 0.6 is 0 Å². The summed E-state index contributed by atoms with van der Waals surface area (Å²) in [5.41, 5.74) is 2.99. The van der Waals surface area contributed by atoms with Crippen molar-refractivity contribution in [2.45, 2.75) is 31.9 Å². The minimum Gasteiger partial charge on any atom is -0.377 e. The molecule has 0 aliphatic carbocycles. The number of benzene rings is 1. The van der Waals surface area contributed by atoms with E-state index in [0.717, 1.165) is 31.4 Å². The largest absolute Gasteiger partial charge is 0.377 e. The molecule has 0 spiro atoms. The van der Waals surface area contributed by atoms with Gasteiger partial charge in [-0.15, -0.1) is 0 Å². The van der Waals surface area contributed by atoms with Crippen molar-refractivity contribution in [1.29, 1.82) is 0 Å². The average molecular weight is 296 g/mol. The SMILES string of the molecule is O=S(=O)(CC1CCCO1)Nc1cccc2c1CNCC2. The minimum absolute atomic E-state index is 0.0457. The summed E-state index contributed by atoms with van der Waals surface area (Å²) >= 11 is 0. The molecule has 0 amide bonds. The molecular weight excluding hydrogens is 276 g/mol. The summed E-state index contributed by atoms with van der Waals surface area (Å²) in [6.45, 7) is 2.33. The van der Waals surface area contributed by atoms with Crippen LogP contribution in [0.25, 0.3) is 0 Å². The molecule has 2 aliphatic heterocycles. The highest BCUT2D eigenvalue weighted by atomic mass is 32.2. The van der Waals surface area contributed by atoms with Gasteiger partial charge in [-0.05, 0) is 43.0 Å². The van der Waals surface area contributed by atoms with E-state index < -0.39 is 10.0 Å². The van der Waals surface area contributed by atoms with E-state index in [1.54, 1.807) is 0 Å². The molecule has 0 radical (unpaired) electrons. The molecule has 1 unspecified atom stereocenters. The van der Waals surface area contributed by atoms with Crippen molar-refractivity contribution in [1.82, 2.24) is 5.32 Å². The Bertz CT molecular complexity index is 580. The van der Waals surface area contributed by atoms with Crippen LogP contribution in [0.2, 0.25) is 0 Å². The van der Waals surface area contributed by atoms with Gasteiger partial charge in [-0.3, -0.25) is 4.72 Å². The molecule has 1 aromatic carbocycles. The smallest absolute Gasteiger partial charge is 0.235 e. The maximum Gasteiger partial charge on any atom is 0.235 e. The van der Waals surface area contributed by atoms with Crippen LogP contribution in [0, 0.1) is 0 Å². The highest BCUT2D eigenvalue weighted by Crippen LogP contribution is 2.24. The van der Waals surface area contributed by atoms with Crippen LogP contribution in [0.15, 0.2) is 18.2 Å².